The van der Waals surface area contributed by atoms with Crippen molar-refractivity contribution in [2.45, 2.75) is 18.8 Å². The molecule has 1 atom stereocenters. The number of carbonyl (C=O) groups is 2. The van der Waals surface area contributed by atoms with Gasteiger partial charge in [-0.2, -0.15) is 13.2 Å². The molecule has 0 radical (unpaired) electrons. The van der Waals surface area contributed by atoms with Crippen LogP contribution in [0.15, 0.2) is 67.3 Å². The fraction of sp³-hybridized carbons (Fsp3) is 0.200. The molecular formula is C20H18F3NO4. The molecule has 1 amide bonds. The second kappa shape index (κ2) is 9.59. The van der Waals surface area contributed by atoms with Gasteiger partial charge in [0.05, 0.1) is 5.56 Å². The second-order valence-corrected chi connectivity index (χ2v) is 5.68. The number of ether oxygens (including phenoxy) is 2. The van der Waals surface area contributed by atoms with Gasteiger partial charge in [-0.15, -0.1) is 0 Å². The lowest BCUT2D eigenvalue weighted by atomic mass is 10.0. The van der Waals surface area contributed by atoms with Gasteiger partial charge in [-0.1, -0.05) is 55.1 Å². The third-order valence-corrected chi connectivity index (χ3v) is 3.63. The van der Waals surface area contributed by atoms with Crippen LogP contribution in [0.4, 0.5) is 18.0 Å². The van der Waals surface area contributed by atoms with Crippen molar-refractivity contribution in [1.29, 1.82) is 0 Å². The number of nitrogens with one attached hydrogen (secondary N) is 1. The molecule has 0 fully saturated rings. The summed E-state index contributed by atoms with van der Waals surface area (Å²) < 4.78 is 48.1. The molecule has 0 bridgehead atoms. The van der Waals surface area contributed by atoms with Gasteiger partial charge in [-0.05, 0) is 23.3 Å². The topological polar surface area (TPSA) is 64.6 Å². The van der Waals surface area contributed by atoms with Crippen molar-refractivity contribution in [3.05, 3.63) is 83.9 Å². The van der Waals surface area contributed by atoms with E-state index in [0.29, 0.717) is 0 Å². The number of alkyl carbamates (subject to hydrolysis) is 1. The highest BCUT2D eigenvalue weighted by Gasteiger charge is 2.31. The van der Waals surface area contributed by atoms with Crippen LogP contribution in [0.3, 0.4) is 0 Å². The summed E-state index contributed by atoms with van der Waals surface area (Å²) in [4.78, 5) is 24.3. The number of carbonyl (C=O) groups excluding carboxylic acids is 2. The van der Waals surface area contributed by atoms with Gasteiger partial charge < -0.3 is 14.8 Å². The summed E-state index contributed by atoms with van der Waals surface area (Å²) in [5.41, 5.74) is -0.0159. The fourth-order valence-corrected chi connectivity index (χ4v) is 2.25. The molecular weight excluding hydrogens is 375 g/mol. The van der Waals surface area contributed by atoms with E-state index < -0.39 is 29.8 Å². The normalized spacial score (nSPS) is 12.0. The van der Waals surface area contributed by atoms with E-state index in [1.807, 2.05) is 0 Å². The molecule has 2 aromatic carbocycles. The highest BCUT2D eigenvalue weighted by molar-refractivity contribution is 5.82. The predicted molar refractivity (Wildman–Crippen MR) is 95.1 cm³/mol. The number of esters is 1. The molecule has 2 aromatic rings. The molecule has 0 heterocycles. The number of alkyl halides is 3. The Bertz CT molecular complexity index is 804. The first kappa shape index (κ1) is 21.0. The maximum atomic E-state index is 12.7. The van der Waals surface area contributed by atoms with Crippen LogP contribution in [-0.4, -0.2) is 18.7 Å². The van der Waals surface area contributed by atoms with Crippen molar-refractivity contribution in [3.63, 3.8) is 0 Å². The number of halogens is 3. The molecule has 28 heavy (non-hydrogen) atoms. The summed E-state index contributed by atoms with van der Waals surface area (Å²) in [6.45, 7) is 3.27. The molecule has 0 aliphatic carbocycles. The van der Waals surface area contributed by atoms with Gasteiger partial charge in [0.2, 0.25) is 0 Å². The Morgan fingerprint density at radius 1 is 1.04 bits per heavy atom. The van der Waals surface area contributed by atoms with E-state index in [4.69, 9.17) is 9.47 Å². The van der Waals surface area contributed by atoms with Crippen LogP contribution in [0, 0.1) is 0 Å². The standard InChI is InChI=1S/C20H18F3NO4/c1-2-12-27-18(25)17(15-8-10-16(11-9-15)20(21,22)23)24-19(26)28-13-14-6-4-3-5-7-14/h2-11,17H,1,12-13H2,(H,24,26)/t17-/m1/s1. The number of benzene rings is 2. The van der Waals surface area contributed by atoms with E-state index in [1.54, 1.807) is 30.3 Å². The molecule has 0 saturated heterocycles. The highest BCUT2D eigenvalue weighted by atomic mass is 19.4. The molecule has 5 nitrogen and oxygen atoms in total. The summed E-state index contributed by atoms with van der Waals surface area (Å²) in [5, 5.41) is 2.32. The van der Waals surface area contributed by atoms with Crippen LogP contribution in [0.25, 0.3) is 0 Å². The molecule has 0 spiro atoms. The van der Waals surface area contributed by atoms with Crippen LogP contribution in [0.1, 0.15) is 22.7 Å². The quantitative estimate of drug-likeness (QED) is 0.559. The zero-order valence-corrected chi connectivity index (χ0v) is 14.7. The first-order valence-corrected chi connectivity index (χ1v) is 8.23. The molecule has 0 aromatic heterocycles. The van der Waals surface area contributed by atoms with Crippen LogP contribution in [-0.2, 0) is 27.1 Å². The molecule has 0 unspecified atom stereocenters. The summed E-state index contributed by atoms with van der Waals surface area (Å²) in [6, 6.07) is 11.4. The third kappa shape index (κ3) is 6.15. The SMILES string of the molecule is C=CCOC(=O)[C@H](NC(=O)OCc1ccccc1)c1ccc(C(F)(F)F)cc1. The minimum absolute atomic E-state index is 0.0336. The van der Waals surface area contributed by atoms with E-state index in [1.165, 1.54) is 6.08 Å². The Morgan fingerprint density at radius 2 is 1.68 bits per heavy atom. The minimum Gasteiger partial charge on any atom is -0.460 e. The number of hydrogen-bond donors (Lipinski definition) is 1. The Kier molecular flexibility index (Phi) is 7.20. The molecule has 8 heteroatoms. The third-order valence-electron chi connectivity index (χ3n) is 3.63. The number of amides is 1. The summed E-state index contributed by atoms with van der Waals surface area (Å²) in [6.07, 6.45) is -4.10. The van der Waals surface area contributed by atoms with Gasteiger partial charge in [-0.25, -0.2) is 9.59 Å². The summed E-state index contributed by atoms with van der Waals surface area (Å²) in [5.74, 6) is -0.851. The van der Waals surface area contributed by atoms with Crippen LogP contribution < -0.4 is 5.32 Å². The second-order valence-electron chi connectivity index (χ2n) is 5.68. The fourth-order valence-electron chi connectivity index (χ4n) is 2.25. The van der Waals surface area contributed by atoms with Gasteiger partial charge in [0.15, 0.2) is 6.04 Å². The largest absolute Gasteiger partial charge is 0.460 e. The lowest BCUT2D eigenvalue weighted by Gasteiger charge is -2.18. The molecule has 1 N–H and O–H groups in total. The van der Waals surface area contributed by atoms with E-state index >= 15 is 0 Å². The molecule has 2 rings (SSSR count). The van der Waals surface area contributed by atoms with Crippen molar-refractivity contribution in [2.24, 2.45) is 0 Å². The van der Waals surface area contributed by atoms with Crippen LogP contribution >= 0.6 is 0 Å². The minimum atomic E-state index is -4.51. The monoisotopic (exact) mass is 393 g/mol. The van der Waals surface area contributed by atoms with Gasteiger partial charge in [0.1, 0.15) is 13.2 Å². The van der Waals surface area contributed by atoms with Crippen LogP contribution in [0.2, 0.25) is 0 Å². The molecule has 0 saturated carbocycles. The molecule has 0 aliphatic rings. The van der Waals surface area contributed by atoms with E-state index in [0.717, 1.165) is 29.8 Å². The maximum absolute atomic E-state index is 12.7. The maximum Gasteiger partial charge on any atom is 0.416 e. The summed E-state index contributed by atoms with van der Waals surface area (Å²) in [7, 11) is 0. The molecule has 148 valence electrons. The highest BCUT2D eigenvalue weighted by Crippen LogP contribution is 2.30. The average Bonchev–Trinajstić information content (AvgIpc) is 2.69. The lowest BCUT2D eigenvalue weighted by Crippen LogP contribution is -2.35. The molecule has 0 aliphatic heterocycles. The van der Waals surface area contributed by atoms with Gasteiger partial charge in [0, 0.05) is 0 Å². The Labute approximate surface area is 159 Å². The smallest absolute Gasteiger partial charge is 0.416 e. The first-order valence-electron chi connectivity index (χ1n) is 8.23. The Hall–Kier alpha value is -3.29. The van der Waals surface area contributed by atoms with Crippen LogP contribution in [0.5, 0.6) is 0 Å². The van der Waals surface area contributed by atoms with Crippen molar-refractivity contribution < 1.29 is 32.2 Å². The van der Waals surface area contributed by atoms with Gasteiger partial charge >= 0.3 is 18.2 Å². The predicted octanol–water partition coefficient (Wildman–Crippen LogP) is 4.40. The summed E-state index contributed by atoms with van der Waals surface area (Å²) >= 11 is 0. The van der Waals surface area contributed by atoms with Crippen molar-refractivity contribution in [3.8, 4) is 0 Å². The zero-order chi connectivity index (χ0) is 20.6. The number of hydrogen-bond acceptors (Lipinski definition) is 4. The Morgan fingerprint density at radius 3 is 2.25 bits per heavy atom. The van der Waals surface area contributed by atoms with Crippen molar-refractivity contribution in [2.75, 3.05) is 6.61 Å². The van der Waals surface area contributed by atoms with Gasteiger partial charge in [-0.3, -0.25) is 0 Å². The number of rotatable bonds is 7. The first-order chi connectivity index (χ1) is 13.3. The zero-order valence-electron chi connectivity index (χ0n) is 14.7. The Balaban J connectivity index is 2.11. The van der Waals surface area contributed by atoms with E-state index in [9.17, 15) is 22.8 Å². The average molecular weight is 393 g/mol. The lowest BCUT2D eigenvalue weighted by molar-refractivity contribution is -0.145. The van der Waals surface area contributed by atoms with Gasteiger partial charge in [0.25, 0.3) is 0 Å². The van der Waals surface area contributed by atoms with E-state index in [-0.39, 0.29) is 18.8 Å². The van der Waals surface area contributed by atoms with Crippen molar-refractivity contribution >= 4 is 12.1 Å². The van der Waals surface area contributed by atoms with Crippen molar-refractivity contribution in [1.82, 2.24) is 5.32 Å². The van der Waals surface area contributed by atoms with E-state index in [2.05, 4.69) is 11.9 Å².